The number of aromatic nitrogens is 1. The normalized spacial score (nSPS) is 12.2. The number of methoxy groups -OCH3 is 1. The highest BCUT2D eigenvalue weighted by Gasteiger charge is 2.11. The van der Waals surface area contributed by atoms with Crippen LogP contribution in [0.5, 0.6) is 5.75 Å². The van der Waals surface area contributed by atoms with Crippen LogP contribution in [0, 0.1) is 6.92 Å². The van der Waals surface area contributed by atoms with Gasteiger partial charge < -0.3 is 10.1 Å². The summed E-state index contributed by atoms with van der Waals surface area (Å²) in [6.45, 7) is 2.07. The van der Waals surface area contributed by atoms with Crippen molar-refractivity contribution in [2.75, 3.05) is 14.2 Å². The first-order chi connectivity index (χ1) is 9.24. The number of nitrogens with one attached hydrogen (secondary N) is 1. The van der Waals surface area contributed by atoms with Crippen molar-refractivity contribution in [3.05, 3.63) is 59.4 Å². The molecule has 0 aliphatic rings. The summed E-state index contributed by atoms with van der Waals surface area (Å²) in [5.74, 6) is 0.933. The lowest BCUT2D eigenvalue weighted by atomic mass is 9.98. The highest BCUT2D eigenvalue weighted by molar-refractivity contribution is 5.37. The van der Waals surface area contributed by atoms with Gasteiger partial charge in [0, 0.05) is 18.4 Å². The molecule has 1 N–H and O–H groups in total. The summed E-state index contributed by atoms with van der Waals surface area (Å²) in [5.41, 5.74) is 3.72. The molecular formula is C16H20N2O. The van der Waals surface area contributed by atoms with Gasteiger partial charge >= 0.3 is 0 Å². The first-order valence-electron chi connectivity index (χ1n) is 6.45. The molecule has 0 aliphatic heterocycles. The molecule has 3 heteroatoms. The first-order valence-corrected chi connectivity index (χ1v) is 6.45. The van der Waals surface area contributed by atoms with Crippen molar-refractivity contribution < 1.29 is 4.74 Å². The van der Waals surface area contributed by atoms with Crippen molar-refractivity contribution in [1.29, 1.82) is 0 Å². The van der Waals surface area contributed by atoms with E-state index in [-0.39, 0.29) is 0 Å². The van der Waals surface area contributed by atoms with Crippen LogP contribution in [-0.4, -0.2) is 19.1 Å². The number of rotatable bonds is 5. The summed E-state index contributed by atoms with van der Waals surface area (Å²) in [4.78, 5) is 4.05. The maximum absolute atomic E-state index is 5.30. The van der Waals surface area contributed by atoms with Crippen LogP contribution in [0.1, 0.15) is 22.7 Å². The number of benzene rings is 1. The third-order valence-corrected chi connectivity index (χ3v) is 3.36. The van der Waals surface area contributed by atoms with Gasteiger partial charge in [-0.2, -0.15) is 0 Å². The van der Waals surface area contributed by atoms with Gasteiger partial charge in [0.15, 0.2) is 0 Å². The van der Waals surface area contributed by atoms with Gasteiger partial charge in [0.1, 0.15) is 5.75 Å². The Hall–Kier alpha value is -1.87. The van der Waals surface area contributed by atoms with Gasteiger partial charge in [0.25, 0.3) is 0 Å². The topological polar surface area (TPSA) is 34.2 Å². The maximum Gasteiger partial charge on any atom is 0.121 e. The first kappa shape index (κ1) is 13.6. The van der Waals surface area contributed by atoms with Crippen LogP contribution in [0.2, 0.25) is 0 Å². The summed E-state index contributed by atoms with van der Waals surface area (Å²) in [6, 6.07) is 10.7. The van der Waals surface area contributed by atoms with E-state index < -0.39 is 0 Å². The van der Waals surface area contributed by atoms with E-state index in [0.29, 0.717) is 6.04 Å². The molecule has 19 heavy (non-hydrogen) atoms. The Kier molecular flexibility index (Phi) is 4.53. The molecule has 1 atom stereocenters. The molecule has 0 radical (unpaired) electrons. The molecule has 0 saturated heterocycles. The summed E-state index contributed by atoms with van der Waals surface area (Å²) in [5, 5.41) is 3.37. The monoisotopic (exact) mass is 256 g/mol. The Bertz CT molecular complexity index is 526. The number of hydrogen-bond acceptors (Lipinski definition) is 3. The summed E-state index contributed by atoms with van der Waals surface area (Å²) >= 11 is 0. The van der Waals surface area contributed by atoms with Crippen molar-refractivity contribution in [1.82, 2.24) is 10.3 Å². The number of aryl methyl sites for hydroxylation is 1. The van der Waals surface area contributed by atoms with E-state index in [0.717, 1.165) is 17.7 Å². The fourth-order valence-corrected chi connectivity index (χ4v) is 2.26. The molecule has 2 rings (SSSR count). The Morgan fingerprint density at radius 1 is 1.21 bits per heavy atom. The van der Waals surface area contributed by atoms with E-state index in [2.05, 4.69) is 41.5 Å². The van der Waals surface area contributed by atoms with E-state index in [9.17, 15) is 0 Å². The Labute approximate surface area is 114 Å². The molecule has 1 unspecified atom stereocenters. The maximum atomic E-state index is 5.30. The fourth-order valence-electron chi connectivity index (χ4n) is 2.26. The van der Waals surface area contributed by atoms with Crippen molar-refractivity contribution in [2.45, 2.75) is 19.4 Å². The second kappa shape index (κ2) is 6.34. The van der Waals surface area contributed by atoms with Gasteiger partial charge in [-0.05, 0) is 55.3 Å². The third-order valence-electron chi connectivity index (χ3n) is 3.36. The standard InChI is InChI=1S/C16H20N2O/c1-12-10-14(4-5-16(12)19-3)15(17-2)11-13-6-8-18-9-7-13/h4-10,15,17H,11H2,1-3H3. The number of ether oxygens (including phenoxy) is 1. The predicted molar refractivity (Wildman–Crippen MR) is 77.5 cm³/mol. The molecule has 0 saturated carbocycles. The summed E-state index contributed by atoms with van der Waals surface area (Å²) < 4.78 is 5.30. The van der Waals surface area contributed by atoms with Gasteiger partial charge in [-0.3, -0.25) is 4.98 Å². The number of likely N-dealkylation sites (N-methyl/N-ethyl adjacent to an activating group) is 1. The number of nitrogens with zero attached hydrogens (tertiary/aromatic N) is 1. The van der Waals surface area contributed by atoms with E-state index in [1.54, 1.807) is 7.11 Å². The molecular weight excluding hydrogens is 236 g/mol. The molecule has 0 aliphatic carbocycles. The quantitative estimate of drug-likeness (QED) is 0.893. The molecule has 0 amide bonds. The smallest absolute Gasteiger partial charge is 0.121 e. The third kappa shape index (κ3) is 3.32. The summed E-state index contributed by atoms with van der Waals surface area (Å²) in [7, 11) is 3.69. The zero-order chi connectivity index (χ0) is 13.7. The van der Waals surface area contributed by atoms with Crippen LogP contribution < -0.4 is 10.1 Å². The average molecular weight is 256 g/mol. The van der Waals surface area contributed by atoms with Gasteiger partial charge in [-0.1, -0.05) is 12.1 Å². The van der Waals surface area contributed by atoms with Crippen LogP contribution in [0.3, 0.4) is 0 Å². The minimum absolute atomic E-state index is 0.298. The molecule has 1 heterocycles. The van der Waals surface area contributed by atoms with Crippen molar-refractivity contribution >= 4 is 0 Å². The lowest BCUT2D eigenvalue weighted by molar-refractivity contribution is 0.411. The van der Waals surface area contributed by atoms with E-state index >= 15 is 0 Å². The van der Waals surface area contributed by atoms with Crippen molar-refractivity contribution in [2.24, 2.45) is 0 Å². The minimum atomic E-state index is 0.298. The molecule has 0 spiro atoms. The van der Waals surface area contributed by atoms with Crippen molar-refractivity contribution in [3.8, 4) is 5.75 Å². The van der Waals surface area contributed by atoms with Gasteiger partial charge in [0.2, 0.25) is 0 Å². The number of hydrogen-bond donors (Lipinski definition) is 1. The van der Waals surface area contributed by atoms with Gasteiger partial charge in [-0.25, -0.2) is 0 Å². The lowest BCUT2D eigenvalue weighted by Crippen LogP contribution is -2.19. The molecule has 1 aromatic heterocycles. The Morgan fingerprint density at radius 2 is 1.95 bits per heavy atom. The zero-order valence-electron chi connectivity index (χ0n) is 11.7. The van der Waals surface area contributed by atoms with Crippen LogP contribution in [0.15, 0.2) is 42.7 Å². The van der Waals surface area contributed by atoms with Crippen LogP contribution >= 0.6 is 0 Å². The molecule has 100 valence electrons. The van der Waals surface area contributed by atoms with Crippen LogP contribution in [0.4, 0.5) is 0 Å². The second-order valence-electron chi connectivity index (χ2n) is 4.63. The van der Waals surface area contributed by atoms with E-state index in [1.807, 2.05) is 25.5 Å². The van der Waals surface area contributed by atoms with Crippen LogP contribution in [0.25, 0.3) is 0 Å². The SMILES string of the molecule is CNC(Cc1ccncc1)c1ccc(OC)c(C)c1. The second-order valence-corrected chi connectivity index (χ2v) is 4.63. The minimum Gasteiger partial charge on any atom is -0.496 e. The van der Waals surface area contributed by atoms with Crippen LogP contribution in [-0.2, 0) is 6.42 Å². The molecule has 2 aromatic rings. The molecule has 3 nitrogen and oxygen atoms in total. The lowest BCUT2D eigenvalue weighted by Gasteiger charge is -2.18. The molecule has 0 bridgehead atoms. The fraction of sp³-hybridized carbons (Fsp3) is 0.312. The predicted octanol–water partition coefficient (Wildman–Crippen LogP) is 2.90. The largest absolute Gasteiger partial charge is 0.496 e. The van der Waals surface area contributed by atoms with Gasteiger partial charge in [-0.15, -0.1) is 0 Å². The molecule has 0 fully saturated rings. The van der Waals surface area contributed by atoms with E-state index in [4.69, 9.17) is 4.74 Å². The van der Waals surface area contributed by atoms with E-state index in [1.165, 1.54) is 11.1 Å². The highest BCUT2D eigenvalue weighted by Crippen LogP contribution is 2.24. The summed E-state index contributed by atoms with van der Waals surface area (Å²) in [6.07, 6.45) is 4.62. The Balaban J connectivity index is 2.20. The molecule has 1 aromatic carbocycles. The number of pyridine rings is 1. The zero-order valence-corrected chi connectivity index (χ0v) is 11.7. The average Bonchev–Trinajstić information content (AvgIpc) is 2.46. The Morgan fingerprint density at radius 3 is 2.53 bits per heavy atom. The van der Waals surface area contributed by atoms with Gasteiger partial charge in [0.05, 0.1) is 7.11 Å². The van der Waals surface area contributed by atoms with Crippen molar-refractivity contribution in [3.63, 3.8) is 0 Å². The highest BCUT2D eigenvalue weighted by atomic mass is 16.5.